The fourth-order valence-corrected chi connectivity index (χ4v) is 2.31. The van der Waals surface area contributed by atoms with Gasteiger partial charge >= 0.3 is 0 Å². The monoisotopic (exact) mass is 333 g/mol. The summed E-state index contributed by atoms with van der Waals surface area (Å²) in [6.07, 6.45) is 2.25. The Hall–Kier alpha value is -2.28. The third-order valence-electron chi connectivity index (χ3n) is 3.78. The number of hydrogen-bond acceptors (Lipinski definition) is 5. The molecule has 2 aromatic rings. The lowest BCUT2D eigenvalue weighted by Crippen LogP contribution is -2.21. The zero-order chi connectivity index (χ0) is 17.1. The summed E-state index contributed by atoms with van der Waals surface area (Å²) in [6, 6.07) is 5.57. The van der Waals surface area contributed by atoms with Gasteiger partial charge in [-0.15, -0.1) is 0 Å². The Labute approximate surface area is 140 Å². The number of rotatable bonds is 7. The molecule has 1 fully saturated rings. The number of nitrogens with zero attached hydrogens (tertiary/aromatic N) is 3. The molecule has 0 radical (unpaired) electrons. The van der Waals surface area contributed by atoms with Gasteiger partial charge in [-0.05, 0) is 39.1 Å². The van der Waals surface area contributed by atoms with E-state index in [-0.39, 0.29) is 0 Å². The lowest BCUT2D eigenvalue weighted by molar-refractivity contribution is 0.425. The van der Waals surface area contributed by atoms with Gasteiger partial charge in [0.15, 0.2) is 11.6 Å². The molecule has 24 heavy (non-hydrogen) atoms. The second-order valence-electron chi connectivity index (χ2n) is 6.26. The number of likely N-dealkylation sites (N-methyl/N-ethyl adjacent to an activating group) is 1. The smallest absolute Gasteiger partial charge is 0.224 e. The Balaban J connectivity index is 1.77. The standard InChI is InChI=1S/C17H21F2N5/c1-24(2)8-7-20-17-22-15(11-3-4-11)10-16(23-17)21-12-5-6-13(18)14(19)9-12/h5-6,9-11H,3-4,7-8H2,1-2H3,(H2,20,21,22,23). The lowest BCUT2D eigenvalue weighted by atomic mass is 10.2. The van der Waals surface area contributed by atoms with Crippen LogP contribution >= 0.6 is 0 Å². The van der Waals surface area contributed by atoms with E-state index in [1.54, 1.807) is 0 Å². The van der Waals surface area contributed by atoms with Crippen LogP contribution in [0.2, 0.25) is 0 Å². The first-order chi connectivity index (χ1) is 11.5. The van der Waals surface area contributed by atoms with Crippen molar-refractivity contribution in [2.75, 3.05) is 37.8 Å². The van der Waals surface area contributed by atoms with Gasteiger partial charge in [-0.2, -0.15) is 4.98 Å². The maximum atomic E-state index is 13.4. The van der Waals surface area contributed by atoms with E-state index in [0.29, 0.717) is 23.4 Å². The van der Waals surface area contributed by atoms with Crippen molar-refractivity contribution in [3.8, 4) is 0 Å². The van der Waals surface area contributed by atoms with Gasteiger partial charge in [-0.25, -0.2) is 13.8 Å². The Kier molecular flexibility index (Phi) is 4.89. The Morgan fingerprint density at radius 1 is 1.12 bits per heavy atom. The highest BCUT2D eigenvalue weighted by Gasteiger charge is 2.26. The van der Waals surface area contributed by atoms with Crippen LogP contribution in [0.25, 0.3) is 0 Å². The molecule has 0 unspecified atom stereocenters. The van der Waals surface area contributed by atoms with E-state index in [1.165, 1.54) is 6.07 Å². The van der Waals surface area contributed by atoms with Crippen molar-refractivity contribution in [3.63, 3.8) is 0 Å². The normalized spacial score (nSPS) is 14.0. The van der Waals surface area contributed by atoms with Gasteiger partial charge in [-0.1, -0.05) is 0 Å². The zero-order valence-electron chi connectivity index (χ0n) is 13.8. The molecule has 0 atom stereocenters. The molecule has 1 aromatic heterocycles. The summed E-state index contributed by atoms with van der Waals surface area (Å²) in [5, 5.41) is 6.23. The number of halogens is 2. The SMILES string of the molecule is CN(C)CCNc1nc(Nc2ccc(F)c(F)c2)cc(C2CC2)n1. The van der Waals surface area contributed by atoms with Gasteiger partial charge in [0.2, 0.25) is 5.95 Å². The second kappa shape index (κ2) is 7.09. The number of hydrogen-bond donors (Lipinski definition) is 2. The van der Waals surface area contributed by atoms with Crippen LogP contribution in [0.15, 0.2) is 24.3 Å². The summed E-state index contributed by atoms with van der Waals surface area (Å²) in [6.45, 7) is 1.59. The Bertz CT molecular complexity index is 716. The molecular weight excluding hydrogens is 312 g/mol. The predicted octanol–water partition coefficient (Wildman–Crippen LogP) is 3.35. The van der Waals surface area contributed by atoms with E-state index in [4.69, 9.17) is 0 Å². The van der Waals surface area contributed by atoms with Crippen LogP contribution < -0.4 is 10.6 Å². The average Bonchev–Trinajstić information content (AvgIpc) is 3.35. The molecule has 0 saturated heterocycles. The Morgan fingerprint density at radius 3 is 2.58 bits per heavy atom. The van der Waals surface area contributed by atoms with Gasteiger partial charge in [0.25, 0.3) is 0 Å². The minimum atomic E-state index is -0.888. The predicted molar refractivity (Wildman–Crippen MR) is 90.7 cm³/mol. The summed E-state index contributed by atoms with van der Waals surface area (Å²) < 4.78 is 26.4. The van der Waals surface area contributed by atoms with Crippen molar-refractivity contribution in [1.82, 2.24) is 14.9 Å². The van der Waals surface area contributed by atoms with Crippen LogP contribution in [0.5, 0.6) is 0 Å². The van der Waals surface area contributed by atoms with Crippen molar-refractivity contribution in [2.24, 2.45) is 0 Å². The Morgan fingerprint density at radius 2 is 1.92 bits per heavy atom. The van der Waals surface area contributed by atoms with Crippen molar-refractivity contribution >= 4 is 17.5 Å². The molecular formula is C17H21F2N5. The molecule has 1 heterocycles. The molecule has 5 nitrogen and oxygen atoms in total. The van der Waals surface area contributed by atoms with E-state index in [9.17, 15) is 8.78 Å². The quantitative estimate of drug-likeness (QED) is 0.814. The highest BCUT2D eigenvalue weighted by atomic mass is 19.2. The molecule has 0 aliphatic heterocycles. The molecule has 1 saturated carbocycles. The topological polar surface area (TPSA) is 53.1 Å². The molecule has 7 heteroatoms. The fourth-order valence-electron chi connectivity index (χ4n) is 2.31. The molecule has 1 aliphatic rings. The molecule has 0 amide bonds. The highest BCUT2D eigenvalue weighted by molar-refractivity contribution is 5.58. The van der Waals surface area contributed by atoms with Gasteiger partial charge in [0.05, 0.1) is 5.69 Å². The summed E-state index contributed by atoms with van der Waals surface area (Å²) in [5.41, 5.74) is 1.43. The van der Waals surface area contributed by atoms with Crippen LogP contribution in [0.3, 0.4) is 0 Å². The van der Waals surface area contributed by atoms with Crippen LogP contribution in [0, 0.1) is 11.6 Å². The minimum Gasteiger partial charge on any atom is -0.353 e. The van der Waals surface area contributed by atoms with Gasteiger partial charge in [0, 0.05) is 36.8 Å². The number of benzene rings is 1. The molecule has 1 aliphatic carbocycles. The molecule has 0 spiro atoms. The van der Waals surface area contributed by atoms with Crippen molar-refractivity contribution in [3.05, 3.63) is 41.6 Å². The summed E-state index contributed by atoms with van der Waals surface area (Å²) in [5.74, 6) is -0.168. The molecule has 0 bridgehead atoms. The van der Waals surface area contributed by atoms with E-state index in [1.807, 2.05) is 20.2 Å². The first kappa shape index (κ1) is 16.6. The second-order valence-corrected chi connectivity index (χ2v) is 6.26. The number of anilines is 3. The largest absolute Gasteiger partial charge is 0.353 e. The summed E-state index contributed by atoms with van der Waals surface area (Å²) >= 11 is 0. The van der Waals surface area contributed by atoms with Crippen LogP contribution in [0.4, 0.5) is 26.2 Å². The van der Waals surface area contributed by atoms with Gasteiger partial charge in [0.1, 0.15) is 5.82 Å². The third kappa shape index (κ3) is 4.38. The average molecular weight is 333 g/mol. The summed E-state index contributed by atoms with van der Waals surface area (Å²) in [7, 11) is 4.00. The van der Waals surface area contributed by atoms with E-state index in [0.717, 1.165) is 43.8 Å². The van der Waals surface area contributed by atoms with E-state index >= 15 is 0 Å². The van der Waals surface area contributed by atoms with Crippen molar-refractivity contribution in [2.45, 2.75) is 18.8 Å². The van der Waals surface area contributed by atoms with E-state index in [2.05, 4.69) is 25.5 Å². The van der Waals surface area contributed by atoms with Gasteiger partial charge in [-0.3, -0.25) is 0 Å². The zero-order valence-corrected chi connectivity index (χ0v) is 13.8. The lowest BCUT2D eigenvalue weighted by Gasteiger charge is -2.13. The molecule has 1 aromatic carbocycles. The maximum absolute atomic E-state index is 13.4. The van der Waals surface area contributed by atoms with Crippen molar-refractivity contribution in [1.29, 1.82) is 0 Å². The highest BCUT2D eigenvalue weighted by Crippen LogP contribution is 2.40. The molecule has 128 valence electrons. The van der Waals surface area contributed by atoms with Crippen LogP contribution in [-0.2, 0) is 0 Å². The van der Waals surface area contributed by atoms with Gasteiger partial charge < -0.3 is 15.5 Å². The first-order valence-corrected chi connectivity index (χ1v) is 8.01. The van der Waals surface area contributed by atoms with Crippen LogP contribution in [-0.4, -0.2) is 42.1 Å². The number of nitrogens with one attached hydrogen (secondary N) is 2. The minimum absolute atomic E-state index is 0.452. The van der Waals surface area contributed by atoms with Crippen molar-refractivity contribution < 1.29 is 8.78 Å². The maximum Gasteiger partial charge on any atom is 0.224 e. The first-order valence-electron chi connectivity index (χ1n) is 8.01. The molecule has 2 N–H and O–H groups in total. The van der Waals surface area contributed by atoms with Crippen LogP contribution in [0.1, 0.15) is 24.5 Å². The van der Waals surface area contributed by atoms with E-state index < -0.39 is 11.6 Å². The fraction of sp³-hybridized carbons (Fsp3) is 0.412. The molecule has 3 rings (SSSR count). The summed E-state index contributed by atoms with van der Waals surface area (Å²) in [4.78, 5) is 11.0. The third-order valence-corrected chi connectivity index (χ3v) is 3.78. The number of aromatic nitrogens is 2.